The number of anilines is 1. The van der Waals surface area contributed by atoms with Crippen LogP contribution in [0.4, 0.5) is 10.1 Å². The fraction of sp³-hybridized carbons (Fsp3) is 0.407. The van der Waals surface area contributed by atoms with Gasteiger partial charge in [-0.2, -0.15) is 0 Å². The number of imide groups is 1. The molecule has 4 rings (SSSR count). The first-order valence-electron chi connectivity index (χ1n) is 11.9. The third-order valence-corrected chi connectivity index (χ3v) is 6.94. The van der Waals surface area contributed by atoms with Crippen molar-refractivity contribution in [2.24, 2.45) is 11.8 Å². The number of benzene rings is 2. The minimum atomic E-state index is -1.44. The summed E-state index contributed by atoms with van der Waals surface area (Å²) >= 11 is 0. The van der Waals surface area contributed by atoms with Crippen molar-refractivity contribution < 1.29 is 28.3 Å². The van der Waals surface area contributed by atoms with E-state index in [9.17, 15) is 23.6 Å². The van der Waals surface area contributed by atoms with Gasteiger partial charge in [-0.05, 0) is 50.1 Å². The molecule has 0 unspecified atom stereocenters. The molecule has 184 valence electrons. The predicted molar refractivity (Wildman–Crippen MR) is 127 cm³/mol. The SMILES string of the molecule is CCCC[C@@]1(C(=O)OCC)N[C@@H](c2cccc(F)c2)[C@H]2C(=O)N(c3cccc(C(C)=O)c3)C(=O)[C@H]21. The van der Waals surface area contributed by atoms with Gasteiger partial charge in [0.05, 0.1) is 24.1 Å². The minimum Gasteiger partial charge on any atom is -0.465 e. The average molecular weight is 481 g/mol. The molecule has 2 aliphatic rings. The van der Waals surface area contributed by atoms with E-state index in [1.165, 1.54) is 31.2 Å². The smallest absolute Gasteiger partial charge is 0.327 e. The molecule has 2 heterocycles. The van der Waals surface area contributed by atoms with Crippen LogP contribution >= 0.6 is 0 Å². The molecule has 0 aromatic heterocycles. The number of carbonyl (C=O) groups is 4. The van der Waals surface area contributed by atoms with Crippen LogP contribution in [0.3, 0.4) is 0 Å². The fourth-order valence-corrected chi connectivity index (χ4v) is 5.34. The molecule has 2 saturated heterocycles. The zero-order valence-corrected chi connectivity index (χ0v) is 20.0. The molecule has 0 spiro atoms. The molecule has 0 radical (unpaired) electrons. The molecule has 2 aromatic carbocycles. The number of esters is 1. The van der Waals surface area contributed by atoms with Crippen molar-refractivity contribution in [3.05, 3.63) is 65.5 Å². The van der Waals surface area contributed by atoms with Crippen LogP contribution in [0.2, 0.25) is 0 Å². The maximum atomic E-state index is 14.2. The molecule has 0 bridgehead atoms. The molecule has 35 heavy (non-hydrogen) atoms. The summed E-state index contributed by atoms with van der Waals surface area (Å²) in [5.74, 6) is -4.27. The Morgan fingerprint density at radius 2 is 1.83 bits per heavy atom. The van der Waals surface area contributed by atoms with E-state index < -0.39 is 47.0 Å². The van der Waals surface area contributed by atoms with Gasteiger partial charge >= 0.3 is 5.97 Å². The maximum absolute atomic E-state index is 14.2. The van der Waals surface area contributed by atoms with E-state index in [0.29, 0.717) is 17.5 Å². The second kappa shape index (κ2) is 9.70. The molecule has 1 N–H and O–H groups in total. The van der Waals surface area contributed by atoms with Crippen LogP contribution in [0.1, 0.15) is 62.0 Å². The van der Waals surface area contributed by atoms with E-state index >= 15 is 0 Å². The monoisotopic (exact) mass is 480 g/mol. The second-order valence-electron chi connectivity index (χ2n) is 9.09. The Bertz CT molecular complexity index is 1180. The third-order valence-electron chi connectivity index (χ3n) is 6.94. The van der Waals surface area contributed by atoms with Crippen molar-refractivity contribution in [3.8, 4) is 0 Å². The Morgan fingerprint density at radius 3 is 2.49 bits per heavy atom. The van der Waals surface area contributed by atoms with Gasteiger partial charge in [-0.15, -0.1) is 0 Å². The number of amides is 2. The summed E-state index contributed by atoms with van der Waals surface area (Å²) in [6.45, 7) is 5.17. The number of ketones is 1. The van der Waals surface area contributed by atoms with Gasteiger partial charge in [0.1, 0.15) is 11.4 Å². The molecule has 2 fully saturated rings. The van der Waals surface area contributed by atoms with Crippen molar-refractivity contribution in [2.75, 3.05) is 11.5 Å². The number of hydrogen-bond donors (Lipinski definition) is 1. The Morgan fingerprint density at radius 1 is 1.09 bits per heavy atom. The Balaban J connectivity index is 1.87. The molecule has 0 aliphatic carbocycles. The van der Waals surface area contributed by atoms with Crippen LogP contribution < -0.4 is 10.2 Å². The lowest BCUT2D eigenvalue weighted by atomic mass is 9.76. The van der Waals surface area contributed by atoms with E-state index in [-0.39, 0.29) is 24.5 Å². The number of unbranched alkanes of at least 4 members (excludes halogenated alkanes) is 1. The summed E-state index contributed by atoms with van der Waals surface area (Å²) in [7, 11) is 0. The van der Waals surface area contributed by atoms with E-state index in [1.807, 2.05) is 6.92 Å². The van der Waals surface area contributed by atoms with Gasteiger partial charge in [0.15, 0.2) is 5.78 Å². The first-order valence-corrected chi connectivity index (χ1v) is 11.9. The Kier molecular flexibility index (Phi) is 6.85. The number of rotatable bonds is 8. The molecular formula is C27H29FN2O5. The topological polar surface area (TPSA) is 92.8 Å². The zero-order chi connectivity index (χ0) is 25.3. The van der Waals surface area contributed by atoms with Crippen LogP contribution in [0, 0.1) is 17.7 Å². The average Bonchev–Trinajstić information content (AvgIpc) is 3.32. The quantitative estimate of drug-likeness (QED) is 0.349. The van der Waals surface area contributed by atoms with Crippen LogP contribution in [-0.2, 0) is 19.1 Å². The highest BCUT2D eigenvalue weighted by Gasteiger charge is 2.68. The highest BCUT2D eigenvalue weighted by atomic mass is 19.1. The van der Waals surface area contributed by atoms with Gasteiger partial charge in [-0.25, -0.2) is 9.29 Å². The lowest BCUT2D eigenvalue weighted by Gasteiger charge is -2.33. The minimum absolute atomic E-state index is 0.114. The van der Waals surface area contributed by atoms with E-state index in [4.69, 9.17) is 4.74 Å². The molecule has 2 amide bonds. The van der Waals surface area contributed by atoms with Gasteiger partial charge in [0, 0.05) is 11.6 Å². The third kappa shape index (κ3) is 4.16. The van der Waals surface area contributed by atoms with E-state index in [0.717, 1.165) is 11.3 Å². The van der Waals surface area contributed by atoms with Crippen LogP contribution in [-0.4, -0.2) is 35.7 Å². The van der Waals surface area contributed by atoms with Crippen LogP contribution in [0.25, 0.3) is 0 Å². The van der Waals surface area contributed by atoms with Crippen LogP contribution in [0.5, 0.6) is 0 Å². The van der Waals surface area contributed by atoms with Crippen molar-refractivity contribution >= 4 is 29.3 Å². The van der Waals surface area contributed by atoms with Gasteiger partial charge in [0.25, 0.3) is 0 Å². The standard InChI is InChI=1S/C27H29FN2O5/c1-4-6-13-27(26(34)35-5-2)22-21(23(29-27)18-10-7-11-19(28)14-18)24(32)30(25(22)33)20-12-8-9-17(15-20)16(3)31/h7-12,14-15,21-23,29H,4-6,13H2,1-3H3/t21-,22-,23-,27+/m0/s1. The molecule has 0 saturated carbocycles. The fourth-order valence-electron chi connectivity index (χ4n) is 5.34. The predicted octanol–water partition coefficient (Wildman–Crippen LogP) is 3.97. The van der Waals surface area contributed by atoms with Gasteiger partial charge in [-0.3, -0.25) is 24.5 Å². The first-order chi connectivity index (χ1) is 16.7. The summed E-state index contributed by atoms with van der Waals surface area (Å²) in [5.41, 5.74) is -0.327. The second-order valence-corrected chi connectivity index (χ2v) is 9.09. The van der Waals surface area contributed by atoms with Crippen molar-refractivity contribution in [1.82, 2.24) is 5.32 Å². The van der Waals surface area contributed by atoms with E-state index in [2.05, 4.69) is 5.32 Å². The summed E-state index contributed by atoms with van der Waals surface area (Å²) in [6.07, 6.45) is 1.67. The van der Waals surface area contributed by atoms with E-state index in [1.54, 1.807) is 31.2 Å². The molecule has 2 aromatic rings. The molecule has 2 aliphatic heterocycles. The summed E-state index contributed by atoms with van der Waals surface area (Å²) in [4.78, 5) is 54.1. The normalized spacial score (nSPS) is 25.6. The number of Topliss-reactive ketones (excluding diaryl/α,β-unsaturated/α-hetero) is 1. The number of nitrogens with one attached hydrogen (secondary N) is 1. The number of nitrogens with zero attached hydrogens (tertiary/aromatic N) is 1. The number of ether oxygens (including phenoxy) is 1. The van der Waals surface area contributed by atoms with Crippen molar-refractivity contribution in [1.29, 1.82) is 0 Å². The number of hydrogen-bond acceptors (Lipinski definition) is 6. The maximum Gasteiger partial charge on any atom is 0.327 e. The molecule has 8 heteroatoms. The zero-order valence-electron chi connectivity index (χ0n) is 20.0. The molecular weight excluding hydrogens is 451 g/mol. The molecule has 4 atom stereocenters. The van der Waals surface area contributed by atoms with Gasteiger partial charge < -0.3 is 4.74 Å². The van der Waals surface area contributed by atoms with Crippen molar-refractivity contribution in [3.63, 3.8) is 0 Å². The number of carbonyl (C=O) groups excluding carboxylic acids is 4. The summed E-state index contributed by atoms with van der Waals surface area (Å²) in [5, 5.41) is 3.27. The highest BCUT2D eigenvalue weighted by Crippen LogP contribution is 2.51. The first kappa shape index (κ1) is 24.7. The lowest BCUT2D eigenvalue weighted by Crippen LogP contribution is -2.56. The van der Waals surface area contributed by atoms with Gasteiger partial charge in [0.2, 0.25) is 11.8 Å². The number of halogens is 1. The highest BCUT2D eigenvalue weighted by molar-refractivity contribution is 6.24. The number of fused-ring (bicyclic) bond motifs is 1. The molecule has 7 nitrogen and oxygen atoms in total. The van der Waals surface area contributed by atoms with Crippen LogP contribution in [0.15, 0.2) is 48.5 Å². The van der Waals surface area contributed by atoms with Crippen molar-refractivity contribution in [2.45, 2.75) is 51.6 Å². The summed E-state index contributed by atoms with van der Waals surface area (Å²) in [6, 6.07) is 11.4. The van der Waals surface area contributed by atoms with Gasteiger partial charge in [-0.1, -0.05) is 44.0 Å². The largest absolute Gasteiger partial charge is 0.465 e. The Labute approximate surface area is 203 Å². The Hall–Kier alpha value is -3.39. The summed E-state index contributed by atoms with van der Waals surface area (Å²) < 4.78 is 19.6. The lowest BCUT2D eigenvalue weighted by molar-refractivity contribution is -0.155.